The van der Waals surface area contributed by atoms with Crippen molar-refractivity contribution in [1.29, 1.82) is 0 Å². The maximum Gasteiger partial charge on any atom is 0.140 e. The summed E-state index contributed by atoms with van der Waals surface area (Å²) < 4.78 is 20.7. The second kappa shape index (κ2) is 8.43. The predicted molar refractivity (Wildman–Crippen MR) is 120 cm³/mol. The Labute approximate surface area is 190 Å². The van der Waals surface area contributed by atoms with Crippen molar-refractivity contribution >= 4 is 23.2 Å². The lowest BCUT2D eigenvalue weighted by molar-refractivity contribution is 0.0596. The molecule has 3 aromatic rings. The molecule has 2 heterocycles. The number of piperidine rings is 1. The maximum absolute atomic E-state index is 14.1. The van der Waals surface area contributed by atoms with Gasteiger partial charge in [-0.05, 0) is 67.8 Å². The van der Waals surface area contributed by atoms with Crippen molar-refractivity contribution in [2.45, 2.75) is 37.5 Å². The van der Waals surface area contributed by atoms with Crippen molar-refractivity contribution in [3.05, 3.63) is 69.6 Å². The summed E-state index contributed by atoms with van der Waals surface area (Å²) in [6.45, 7) is 1.76. The van der Waals surface area contributed by atoms with Crippen molar-refractivity contribution in [2.75, 3.05) is 13.1 Å². The Kier molecular flexibility index (Phi) is 5.65. The number of aromatic amines is 1. The summed E-state index contributed by atoms with van der Waals surface area (Å²) in [5, 5.41) is 8.11. The molecule has 3 atom stereocenters. The van der Waals surface area contributed by atoms with E-state index in [-0.39, 0.29) is 24.0 Å². The molecule has 0 spiro atoms. The van der Waals surface area contributed by atoms with Gasteiger partial charge in [0.15, 0.2) is 0 Å². The first kappa shape index (κ1) is 20.8. The van der Waals surface area contributed by atoms with Crippen LogP contribution in [0.4, 0.5) is 4.39 Å². The van der Waals surface area contributed by atoms with E-state index in [9.17, 15) is 4.39 Å². The van der Waals surface area contributed by atoms with Gasteiger partial charge in [-0.1, -0.05) is 23.2 Å². The zero-order valence-corrected chi connectivity index (χ0v) is 18.3. The van der Waals surface area contributed by atoms with Crippen LogP contribution in [0.2, 0.25) is 10.0 Å². The molecule has 0 bridgehead atoms. The van der Waals surface area contributed by atoms with Gasteiger partial charge in [0.2, 0.25) is 0 Å². The maximum atomic E-state index is 14.1. The number of fused-ring (bicyclic) bond motifs is 1. The van der Waals surface area contributed by atoms with Gasteiger partial charge in [-0.3, -0.25) is 10.00 Å². The van der Waals surface area contributed by atoms with E-state index in [4.69, 9.17) is 33.7 Å². The van der Waals surface area contributed by atoms with Crippen molar-refractivity contribution in [3.63, 3.8) is 0 Å². The van der Waals surface area contributed by atoms with Crippen LogP contribution in [0, 0.1) is 5.82 Å². The van der Waals surface area contributed by atoms with Gasteiger partial charge in [0, 0.05) is 40.0 Å². The zero-order valence-electron chi connectivity index (χ0n) is 16.8. The molecule has 1 aliphatic heterocycles. The van der Waals surface area contributed by atoms with Gasteiger partial charge >= 0.3 is 0 Å². The normalized spacial score (nSPS) is 23.7. The fraction of sp³-hybridized carbons (Fsp3) is 0.348. The first-order valence-electron chi connectivity index (χ1n) is 10.4. The number of benzene rings is 2. The van der Waals surface area contributed by atoms with E-state index < -0.39 is 0 Å². The molecule has 0 radical (unpaired) electrons. The van der Waals surface area contributed by atoms with Crippen LogP contribution in [0.25, 0.3) is 11.3 Å². The molecule has 0 saturated carbocycles. The third kappa shape index (κ3) is 4.05. The Morgan fingerprint density at radius 3 is 2.84 bits per heavy atom. The highest BCUT2D eigenvalue weighted by atomic mass is 35.5. The van der Waals surface area contributed by atoms with Crippen LogP contribution in [-0.2, 0) is 6.42 Å². The number of hydrogen-bond donors (Lipinski definition) is 2. The van der Waals surface area contributed by atoms with Crippen molar-refractivity contribution < 1.29 is 9.13 Å². The van der Waals surface area contributed by atoms with Crippen molar-refractivity contribution in [1.82, 2.24) is 15.1 Å². The number of nitrogens with one attached hydrogen (secondary N) is 1. The molecule has 8 heteroatoms. The van der Waals surface area contributed by atoms with Crippen LogP contribution in [0.15, 0.2) is 42.6 Å². The Morgan fingerprint density at radius 2 is 2.06 bits per heavy atom. The topological polar surface area (TPSA) is 67.2 Å². The molecular weight excluding hydrogens is 438 g/mol. The highest BCUT2D eigenvalue weighted by Crippen LogP contribution is 2.44. The average Bonchev–Trinajstić information content (AvgIpc) is 3.38. The van der Waals surface area contributed by atoms with Crippen molar-refractivity contribution in [3.8, 4) is 17.0 Å². The van der Waals surface area contributed by atoms with E-state index in [1.54, 1.807) is 24.4 Å². The van der Waals surface area contributed by atoms with Gasteiger partial charge < -0.3 is 10.5 Å². The van der Waals surface area contributed by atoms with Crippen LogP contribution < -0.4 is 10.5 Å². The van der Waals surface area contributed by atoms with Gasteiger partial charge in [0.25, 0.3) is 0 Å². The zero-order chi connectivity index (χ0) is 21.5. The molecule has 31 heavy (non-hydrogen) atoms. The SMILES string of the molecule is NC1CCCN([C@H]2Cc3c(Cl)cc(Cl)cc3[C@@H]2Oc2ccc(F)cc2-c2ccn[nH]2)C1. The number of ether oxygens (including phenoxy) is 1. The molecule has 1 fully saturated rings. The molecule has 1 unspecified atom stereocenters. The fourth-order valence-corrected chi connectivity index (χ4v) is 5.36. The van der Waals surface area contributed by atoms with Gasteiger partial charge in [-0.2, -0.15) is 5.10 Å². The molecule has 2 aliphatic rings. The lowest BCUT2D eigenvalue weighted by atomic mass is 10.0. The van der Waals surface area contributed by atoms with Gasteiger partial charge in [0.1, 0.15) is 17.7 Å². The summed E-state index contributed by atoms with van der Waals surface area (Å²) in [5.74, 6) is 0.235. The van der Waals surface area contributed by atoms with Gasteiger partial charge in [-0.15, -0.1) is 0 Å². The molecule has 162 valence electrons. The quantitative estimate of drug-likeness (QED) is 0.575. The second-order valence-corrected chi connectivity index (χ2v) is 9.12. The van der Waals surface area contributed by atoms with Gasteiger partial charge in [0.05, 0.1) is 11.7 Å². The molecule has 1 aromatic heterocycles. The summed E-state index contributed by atoms with van der Waals surface area (Å²) in [7, 11) is 0. The summed E-state index contributed by atoms with van der Waals surface area (Å²) >= 11 is 12.9. The number of nitrogens with zero attached hydrogens (tertiary/aromatic N) is 2. The number of likely N-dealkylation sites (tertiary alicyclic amines) is 1. The minimum atomic E-state index is -0.339. The lowest BCUT2D eigenvalue weighted by Gasteiger charge is -2.38. The highest BCUT2D eigenvalue weighted by Gasteiger charge is 2.41. The molecular formula is C23H23Cl2FN4O. The molecule has 2 aromatic carbocycles. The Hall–Kier alpha value is -2.12. The number of halogens is 3. The minimum absolute atomic E-state index is 0.0667. The lowest BCUT2D eigenvalue weighted by Crippen LogP contribution is -2.49. The summed E-state index contributed by atoms with van der Waals surface area (Å²) in [6.07, 6.45) is 4.15. The summed E-state index contributed by atoms with van der Waals surface area (Å²) in [4.78, 5) is 2.39. The first-order valence-corrected chi connectivity index (χ1v) is 11.2. The molecule has 1 aliphatic carbocycles. The van der Waals surface area contributed by atoms with Gasteiger partial charge in [-0.25, -0.2) is 4.39 Å². The molecule has 1 saturated heterocycles. The number of rotatable bonds is 4. The molecule has 0 amide bonds. The predicted octanol–water partition coefficient (Wildman–Crippen LogP) is 4.99. The van der Waals surface area contributed by atoms with Crippen LogP contribution in [0.1, 0.15) is 30.1 Å². The fourth-order valence-electron chi connectivity index (χ4n) is 4.78. The molecule has 5 nitrogen and oxygen atoms in total. The third-order valence-electron chi connectivity index (χ3n) is 6.21. The Balaban J connectivity index is 1.56. The van der Waals surface area contributed by atoms with Crippen molar-refractivity contribution in [2.24, 2.45) is 5.73 Å². The van der Waals surface area contributed by atoms with Crippen LogP contribution in [-0.4, -0.2) is 40.3 Å². The summed E-state index contributed by atoms with van der Waals surface area (Å²) in [6, 6.07) is 10.2. The Bertz CT molecular complexity index is 1090. The molecule has 3 N–H and O–H groups in total. The second-order valence-electron chi connectivity index (χ2n) is 8.27. The first-order chi connectivity index (χ1) is 15.0. The summed E-state index contributed by atoms with van der Waals surface area (Å²) in [5.41, 5.74) is 9.60. The number of aromatic nitrogens is 2. The van der Waals surface area contributed by atoms with Crippen LogP contribution in [0.3, 0.4) is 0 Å². The van der Waals surface area contributed by atoms with E-state index >= 15 is 0 Å². The van der Waals surface area contributed by atoms with E-state index in [0.29, 0.717) is 27.1 Å². The minimum Gasteiger partial charge on any atom is -0.483 e. The average molecular weight is 461 g/mol. The van der Waals surface area contributed by atoms with E-state index in [1.165, 1.54) is 12.1 Å². The standard InChI is InChI=1S/C23H23Cl2FN4O/c24-13-8-17-16(19(25)9-13)11-21(30-7-1-2-15(27)12-30)23(17)31-22-4-3-14(26)10-18(22)20-5-6-28-29-20/h3-6,8-10,15,21,23H,1-2,7,11-12,27H2,(H,28,29)/t15?,21-,23-/m0/s1. The Morgan fingerprint density at radius 1 is 1.19 bits per heavy atom. The number of nitrogens with two attached hydrogens (primary N) is 1. The van der Waals surface area contributed by atoms with E-state index in [2.05, 4.69) is 15.1 Å². The van der Waals surface area contributed by atoms with E-state index in [1.807, 2.05) is 6.07 Å². The number of hydrogen-bond acceptors (Lipinski definition) is 4. The van der Waals surface area contributed by atoms with Crippen LogP contribution in [0.5, 0.6) is 5.75 Å². The number of H-pyrrole nitrogens is 1. The third-order valence-corrected chi connectivity index (χ3v) is 6.76. The molecule has 5 rings (SSSR count). The highest BCUT2D eigenvalue weighted by molar-refractivity contribution is 6.35. The van der Waals surface area contributed by atoms with Crippen LogP contribution >= 0.6 is 23.2 Å². The monoisotopic (exact) mass is 460 g/mol. The smallest absolute Gasteiger partial charge is 0.140 e. The van der Waals surface area contributed by atoms with E-state index in [0.717, 1.165) is 43.5 Å². The largest absolute Gasteiger partial charge is 0.483 e.